The molecule has 1 aliphatic heterocycles. The minimum absolute atomic E-state index is 0.215. The third-order valence-electron chi connectivity index (χ3n) is 4.30. The van der Waals surface area contributed by atoms with E-state index in [1.165, 1.54) is 16.9 Å². The summed E-state index contributed by atoms with van der Waals surface area (Å²) >= 11 is 1.27. The normalized spacial score (nSPS) is 13.7. The number of hydrogen-bond acceptors (Lipinski definition) is 6. The molecule has 1 N–H and O–H groups in total. The Morgan fingerprint density at radius 1 is 1.12 bits per heavy atom. The molecule has 0 saturated heterocycles. The van der Waals surface area contributed by atoms with E-state index >= 15 is 0 Å². The van der Waals surface area contributed by atoms with Gasteiger partial charge in [0.05, 0.1) is 0 Å². The van der Waals surface area contributed by atoms with Gasteiger partial charge in [-0.25, -0.2) is 8.42 Å². The third kappa shape index (κ3) is 3.17. The van der Waals surface area contributed by atoms with Gasteiger partial charge in [0.1, 0.15) is 4.21 Å². The number of thiophene rings is 1. The molecule has 0 atom stereocenters. The number of anilines is 3. The highest BCUT2D eigenvalue weighted by atomic mass is 32.2. The summed E-state index contributed by atoms with van der Waals surface area (Å²) < 4.78 is 27.7. The van der Waals surface area contributed by atoms with E-state index in [0.717, 1.165) is 30.0 Å². The number of nitrogens with one attached hydrogen (secondary N) is 1. The van der Waals surface area contributed by atoms with Gasteiger partial charge >= 0.3 is 0 Å². The van der Waals surface area contributed by atoms with Gasteiger partial charge in [-0.15, -0.1) is 21.5 Å². The van der Waals surface area contributed by atoms with Crippen molar-refractivity contribution in [3.05, 3.63) is 59.0 Å². The van der Waals surface area contributed by atoms with Crippen molar-refractivity contribution >= 4 is 38.7 Å². The highest BCUT2D eigenvalue weighted by Crippen LogP contribution is 2.33. The van der Waals surface area contributed by atoms with Crippen LogP contribution in [0.3, 0.4) is 0 Å². The molecule has 0 spiro atoms. The average molecular weight is 387 g/mol. The van der Waals surface area contributed by atoms with Gasteiger partial charge in [-0.2, -0.15) is 0 Å². The lowest BCUT2D eigenvalue weighted by atomic mass is 10.2. The zero-order chi connectivity index (χ0) is 18.1. The van der Waals surface area contributed by atoms with Crippen LogP contribution in [0.5, 0.6) is 0 Å². The number of aromatic nitrogens is 2. The molecule has 26 heavy (non-hydrogen) atoms. The van der Waals surface area contributed by atoms with Gasteiger partial charge in [0, 0.05) is 17.1 Å². The van der Waals surface area contributed by atoms with Crippen molar-refractivity contribution in [1.29, 1.82) is 0 Å². The van der Waals surface area contributed by atoms with Crippen molar-refractivity contribution in [2.45, 2.75) is 24.0 Å². The molecule has 0 radical (unpaired) electrons. The fourth-order valence-corrected chi connectivity index (χ4v) is 5.27. The van der Waals surface area contributed by atoms with Crippen molar-refractivity contribution < 1.29 is 8.42 Å². The largest absolute Gasteiger partial charge is 0.324 e. The molecular weight excluding hydrogens is 368 g/mol. The molecule has 4 rings (SSSR count). The minimum Gasteiger partial charge on any atom is -0.324 e. The second kappa shape index (κ2) is 6.69. The quantitative estimate of drug-likeness (QED) is 0.725. The zero-order valence-electron chi connectivity index (χ0n) is 14.2. The molecule has 6 nitrogen and oxygen atoms in total. The molecule has 0 unspecified atom stereocenters. The first kappa shape index (κ1) is 17.0. The molecule has 0 amide bonds. The highest BCUT2D eigenvalue weighted by Gasteiger charge is 2.22. The second-order valence-electron chi connectivity index (χ2n) is 5.99. The van der Waals surface area contributed by atoms with E-state index in [0.29, 0.717) is 5.82 Å². The zero-order valence-corrected chi connectivity index (χ0v) is 15.8. The average Bonchev–Trinajstić information content (AvgIpc) is 3.29. The van der Waals surface area contributed by atoms with Crippen molar-refractivity contribution in [2.75, 3.05) is 16.2 Å². The molecule has 0 saturated carbocycles. The summed E-state index contributed by atoms with van der Waals surface area (Å²) in [6, 6.07) is 15.1. The van der Waals surface area contributed by atoms with Crippen LogP contribution < -0.4 is 9.62 Å². The Kier molecular flexibility index (Phi) is 4.37. The van der Waals surface area contributed by atoms with E-state index in [2.05, 4.69) is 32.0 Å². The Morgan fingerprint density at radius 2 is 1.96 bits per heavy atom. The number of hydrogen-bond donors (Lipinski definition) is 1. The van der Waals surface area contributed by atoms with Gasteiger partial charge in [-0.05, 0) is 48.7 Å². The maximum Gasteiger partial charge on any atom is 0.272 e. The number of nitrogens with zero attached hydrogens (tertiary/aromatic N) is 3. The van der Waals surface area contributed by atoms with Crippen LogP contribution in [0.4, 0.5) is 17.3 Å². The topological polar surface area (TPSA) is 75.2 Å². The Labute approximate surface area is 156 Å². The first-order chi connectivity index (χ1) is 12.6. The van der Waals surface area contributed by atoms with Gasteiger partial charge in [-0.1, -0.05) is 25.1 Å². The Balaban J connectivity index is 1.53. The predicted molar refractivity (Wildman–Crippen MR) is 104 cm³/mol. The van der Waals surface area contributed by atoms with Crippen LogP contribution in [0.25, 0.3) is 0 Å². The fraction of sp³-hybridized carbons (Fsp3) is 0.222. The minimum atomic E-state index is -3.63. The van der Waals surface area contributed by atoms with E-state index in [1.807, 2.05) is 25.1 Å². The van der Waals surface area contributed by atoms with Gasteiger partial charge in [0.2, 0.25) is 0 Å². The second-order valence-corrected chi connectivity index (χ2v) is 9.06. The SMILES string of the molecule is CCc1ccc(S(=O)(=O)Nc2ccc(N3CCc4ccccc43)nn2)s1. The number of fused-ring (bicyclic) bond motifs is 1. The van der Waals surface area contributed by atoms with Gasteiger partial charge < -0.3 is 4.90 Å². The fourth-order valence-electron chi connectivity index (χ4n) is 2.98. The summed E-state index contributed by atoms with van der Waals surface area (Å²) in [5.74, 6) is 0.926. The molecule has 0 aliphatic carbocycles. The van der Waals surface area contributed by atoms with E-state index in [1.54, 1.807) is 18.2 Å². The molecular formula is C18H18N4O2S2. The number of sulfonamides is 1. The third-order valence-corrected chi connectivity index (χ3v) is 7.38. The number of benzene rings is 1. The lowest BCUT2D eigenvalue weighted by molar-refractivity contribution is 0.603. The summed E-state index contributed by atoms with van der Waals surface area (Å²) in [6.45, 7) is 2.84. The van der Waals surface area contributed by atoms with Crippen LogP contribution in [-0.4, -0.2) is 25.2 Å². The molecule has 0 fully saturated rings. The van der Waals surface area contributed by atoms with Crippen LogP contribution in [0.15, 0.2) is 52.7 Å². The molecule has 8 heteroatoms. The molecule has 1 aromatic carbocycles. The van der Waals surface area contributed by atoms with Crippen LogP contribution in [0.2, 0.25) is 0 Å². The lowest BCUT2D eigenvalue weighted by Gasteiger charge is -2.17. The Morgan fingerprint density at radius 3 is 2.69 bits per heavy atom. The first-order valence-electron chi connectivity index (χ1n) is 8.37. The Bertz CT molecular complexity index is 1030. The summed E-state index contributed by atoms with van der Waals surface area (Å²) in [7, 11) is -3.63. The van der Waals surface area contributed by atoms with Gasteiger partial charge in [0.15, 0.2) is 11.6 Å². The first-order valence-corrected chi connectivity index (χ1v) is 10.7. The maximum absolute atomic E-state index is 12.5. The van der Waals surface area contributed by atoms with Crippen molar-refractivity contribution in [3.8, 4) is 0 Å². The van der Waals surface area contributed by atoms with Gasteiger partial charge in [-0.3, -0.25) is 4.72 Å². The van der Waals surface area contributed by atoms with Crippen LogP contribution >= 0.6 is 11.3 Å². The van der Waals surface area contributed by atoms with E-state index < -0.39 is 10.0 Å². The van der Waals surface area contributed by atoms with E-state index in [9.17, 15) is 8.42 Å². The van der Waals surface area contributed by atoms with Crippen LogP contribution in [-0.2, 0) is 22.9 Å². The molecule has 2 aromatic heterocycles. The van der Waals surface area contributed by atoms with Crippen molar-refractivity contribution in [3.63, 3.8) is 0 Å². The number of aryl methyl sites for hydroxylation is 1. The number of rotatable bonds is 5. The molecule has 134 valence electrons. The van der Waals surface area contributed by atoms with Gasteiger partial charge in [0.25, 0.3) is 10.0 Å². The summed E-state index contributed by atoms with van der Waals surface area (Å²) in [4.78, 5) is 3.12. The standard InChI is InChI=1S/C18H18N4O2S2/c1-2-14-7-10-18(25-14)26(23,24)21-16-8-9-17(20-19-16)22-12-11-13-5-3-4-6-15(13)22/h3-10H,2,11-12H2,1H3,(H,19,21). The number of para-hydroxylation sites is 1. The van der Waals surface area contributed by atoms with E-state index in [-0.39, 0.29) is 10.0 Å². The summed E-state index contributed by atoms with van der Waals surface area (Å²) in [6.07, 6.45) is 1.77. The highest BCUT2D eigenvalue weighted by molar-refractivity contribution is 7.94. The summed E-state index contributed by atoms with van der Waals surface area (Å²) in [5, 5.41) is 8.27. The molecule has 3 aromatic rings. The van der Waals surface area contributed by atoms with Crippen molar-refractivity contribution in [2.24, 2.45) is 0 Å². The monoisotopic (exact) mass is 386 g/mol. The maximum atomic E-state index is 12.5. The Hall–Kier alpha value is -2.45. The molecule has 0 bridgehead atoms. The van der Waals surface area contributed by atoms with Crippen LogP contribution in [0.1, 0.15) is 17.4 Å². The van der Waals surface area contributed by atoms with Crippen molar-refractivity contribution in [1.82, 2.24) is 10.2 Å². The summed E-state index contributed by atoms with van der Waals surface area (Å²) in [5.41, 5.74) is 2.41. The molecule has 3 heterocycles. The lowest BCUT2D eigenvalue weighted by Crippen LogP contribution is -2.17. The predicted octanol–water partition coefficient (Wildman–Crippen LogP) is 3.60. The smallest absolute Gasteiger partial charge is 0.272 e. The van der Waals surface area contributed by atoms with E-state index in [4.69, 9.17) is 0 Å². The van der Waals surface area contributed by atoms with Crippen LogP contribution in [0, 0.1) is 0 Å². The molecule has 1 aliphatic rings.